The van der Waals surface area contributed by atoms with Gasteiger partial charge in [-0.1, -0.05) is 20.8 Å². The number of ether oxygens (including phenoxy) is 1. The van der Waals surface area contributed by atoms with Crippen molar-refractivity contribution in [3.8, 4) is 0 Å². The van der Waals surface area contributed by atoms with E-state index in [-0.39, 0.29) is 5.38 Å². The van der Waals surface area contributed by atoms with Crippen molar-refractivity contribution in [2.45, 2.75) is 37.8 Å². The lowest BCUT2D eigenvalue weighted by Crippen LogP contribution is -2.13. The predicted molar refractivity (Wildman–Crippen MR) is 58.3 cm³/mol. The van der Waals surface area contributed by atoms with Crippen LogP contribution in [0.4, 0.5) is 0 Å². The van der Waals surface area contributed by atoms with E-state index >= 15 is 0 Å². The number of hydrogen-bond donors (Lipinski definition) is 0. The Kier molecular flexibility index (Phi) is 8.62. The Hall–Kier alpha value is 0.600. The molecule has 0 spiro atoms. The quantitative estimate of drug-likeness (QED) is 0.472. The monoisotopic (exact) mass is 210 g/mol. The van der Waals surface area contributed by atoms with Gasteiger partial charge >= 0.3 is 0 Å². The number of thioether (sulfide) groups is 1. The van der Waals surface area contributed by atoms with Crippen molar-refractivity contribution >= 4 is 23.4 Å². The average Bonchev–Trinajstić information content (AvgIpc) is 2.01. The number of hydrogen-bond acceptors (Lipinski definition) is 2. The minimum absolute atomic E-state index is 0.170. The van der Waals surface area contributed by atoms with Crippen LogP contribution in [-0.2, 0) is 4.74 Å². The number of alkyl halides is 1. The van der Waals surface area contributed by atoms with Gasteiger partial charge in [0.15, 0.2) is 0 Å². The standard InChI is InChI=1S/C9H19ClOS/c1-4-5-11-6-9(10)7-12-8(2)3/h8-9H,4-7H2,1-3H3. The van der Waals surface area contributed by atoms with Gasteiger partial charge in [0.1, 0.15) is 0 Å². The first-order valence-electron chi connectivity index (χ1n) is 4.50. The maximum atomic E-state index is 6.01. The highest BCUT2D eigenvalue weighted by Gasteiger charge is 2.05. The van der Waals surface area contributed by atoms with Gasteiger partial charge in [-0.15, -0.1) is 11.6 Å². The molecule has 0 aromatic rings. The summed E-state index contributed by atoms with van der Waals surface area (Å²) < 4.78 is 5.33. The van der Waals surface area contributed by atoms with Crippen LogP contribution in [0.5, 0.6) is 0 Å². The molecule has 0 aromatic carbocycles. The smallest absolute Gasteiger partial charge is 0.0660 e. The van der Waals surface area contributed by atoms with Crippen LogP contribution < -0.4 is 0 Å². The van der Waals surface area contributed by atoms with Crippen LogP contribution >= 0.6 is 23.4 Å². The Morgan fingerprint density at radius 3 is 2.58 bits per heavy atom. The second-order valence-corrected chi connectivity index (χ2v) is 5.28. The van der Waals surface area contributed by atoms with Crippen molar-refractivity contribution in [3.63, 3.8) is 0 Å². The highest BCUT2D eigenvalue weighted by Crippen LogP contribution is 2.13. The molecule has 0 fully saturated rings. The predicted octanol–water partition coefficient (Wildman–Crippen LogP) is 3.16. The van der Waals surface area contributed by atoms with Gasteiger partial charge in [-0.25, -0.2) is 0 Å². The molecule has 0 saturated heterocycles. The van der Waals surface area contributed by atoms with Gasteiger partial charge in [0.2, 0.25) is 0 Å². The summed E-state index contributed by atoms with van der Waals surface area (Å²) >= 11 is 7.90. The summed E-state index contributed by atoms with van der Waals surface area (Å²) in [5, 5.41) is 0.835. The van der Waals surface area contributed by atoms with Gasteiger partial charge in [0.05, 0.1) is 12.0 Å². The SMILES string of the molecule is CCCOCC(Cl)CSC(C)C. The fraction of sp³-hybridized carbons (Fsp3) is 1.00. The minimum Gasteiger partial charge on any atom is -0.380 e. The van der Waals surface area contributed by atoms with Crippen molar-refractivity contribution < 1.29 is 4.74 Å². The Morgan fingerprint density at radius 1 is 1.42 bits per heavy atom. The molecule has 0 aliphatic carbocycles. The normalized spacial score (nSPS) is 13.8. The zero-order chi connectivity index (χ0) is 9.40. The van der Waals surface area contributed by atoms with Crippen molar-refractivity contribution in [1.29, 1.82) is 0 Å². The molecule has 0 aliphatic heterocycles. The molecule has 1 atom stereocenters. The van der Waals surface area contributed by atoms with Crippen molar-refractivity contribution in [3.05, 3.63) is 0 Å². The Morgan fingerprint density at radius 2 is 2.08 bits per heavy atom. The molecule has 0 aliphatic rings. The summed E-state index contributed by atoms with van der Waals surface area (Å²) in [6.07, 6.45) is 1.07. The summed E-state index contributed by atoms with van der Waals surface area (Å²) in [6, 6.07) is 0. The Bertz CT molecular complexity index is 98.5. The maximum Gasteiger partial charge on any atom is 0.0660 e. The highest BCUT2D eigenvalue weighted by molar-refractivity contribution is 7.99. The zero-order valence-electron chi connectivity index (χ0n) is 8.18. The van der Waals surface area contributed by atoms with Gasteiger partial charge in [0, 0.05) is 12.4 Å². The molecule has 0 heterocycles. The second-order valence-electron chi connectivity index (χ2n) is 3.05. The third kappa shape index (κ3) is 8.69. The van der Waals surface area contributed by atoms with Crippen LogP contribution in [0.2, 0.25) is 0 Å². The van der Waals surface area contributed by atoms with E-state index in [4.69, 9.17) is 16.3 Å². The maximum absolute atomic E-state index is 6.01. The van der Waals surface area contributed by atoms with Crippen molar-refractivity contribution in [1.82, 2.24) is 0 Å². The molecule has 1 nitrogen and oxygen atoms in total. The van der Waals surface area contributed by atoms with E-state index in [1.165, 1.54) is 0 Å². The largest absolute Gasteiger partial charge is 0.380 e. The molecule has 0 amide bonds. The first-order valence-corrected chi connectivity index (χ1v) is 5.98. The lowest BCUT2D eigenvalue weighted by atomic mass is 10.5. The molecule has 0 radical (unpaired) electrons. The molecular formula is C9H19ClOS. The third-order valence-corrected chi connectivity index (χ3v) is 2.98. The first-order chi connectivity index (χ1) is 5.66. The third-order valence-electron chi connectivity index (χ3n) is 1.26. The van der Waals surface area contributed by atoms with Crippen LogP contribution in [0.3, 0.4) is 0 Å². The van der Waals surface area contributed by atoms with Gasteiger partial charge < -0.3 is 4.74 Å². The number of halogens is 1. The fourth-order valence-electron chi connectivity index (χ4n) is 0.701. The minimum atomic E-state index is 0.170. The molecule has 0 aromatic heterocycles. The van der Waals surface area contributed by atoms with E-state index in [1.807, 2.05) is 11.8 Å². The van der Waals surface area contributed by atoms with E-state index in [9.17, 15) is 0 Å². The average molecular weight is 211 g/mol. The molecule has 1 unspecified atom stereocenters. The molecule has 0 bridgehead atoms. The van der Waals surface area contributed by atoms with E-state index < -0.39 is 0 Å². The van der Waals surface area contributed by atoms with Crippen LogP contribution in [0.15, 0.2) is 0 Å². The molecule has 0 saturated carbocycles. The van der Waals surface area contributed by atoms with Crippen LogP contribution in [0.25, 0.3) is 0 Å². The second kappa shape index (κ2) is 8.21. The summed E-state index contributed by atoms with van der Waals surface area (Å²) in [6.45, 7) is 7.99. The van der Waals surface area contributed by atoms with Gasteiger partial charge in [-0.05, 0) is 11.7 Å². The Balaban J connectivity index is 3.15. The molecule has 12 heavy (non-hydrogen) atoms. The van der Waals surface area contributed by atoms with Crippen LogP contribution in [-0.4, -0.2) is 29.6 Å². The Labute approximate surface area is 85.2 Å². The van der Waals surface area contributed by atoms with E-state index in [0.717, 1.165) is 18.8 Å². The highest BCUT2D eigenvalue weighted by atomic mass is 35.5. The lowest BCUT2D eigenvalue weighted by Gasteiger charge is -2.10. The molecule has 0 rings (SSSR count). The molecular weight excluding hydrogens is 192 g/mol. The van der Waals surface area contributed by atoms with E-state index in [1.54, 1.807) is 0 Å². The van der Waals surface area contributed by atoms with Crippen LogP contribution in [0, 0.1) is 0 Å². The van der Waals surface area contributed by atoms with Gasteiger partial charge in [-0.2, -0.15) is 11.8 Å². The molecule has 0 N–H and O–H groups in total. The van der Waals surface area contributed by atoms with Crippen LogP contribution in [0.1, 0.15) is 27.2 Å². The first kappa shape index (κ1) is 12.6. The summed E-state index contributed by atoms with van der Waals surface area (Å²) in [7, 11) is 0. The van der Waals surface area contributed by atoms with E-state index in [2.05, 4.69) is 20.8 Å². The van der Waals surface area contributed by atoms with E-state index in [0.29, 0.717) is 11.9 Å². The van der Waals surface area contributed by atoms with Gasteiger partial charge in [-0.3, -0.25) is 0 Å². The molecule has 3 heteroatoms. The van der Waals surface area contributed by atoms with Crippen molar-refractivity contribution in [2.75, 3.05) is 19.0 Å². The topological polar surface area (TPSA) is 9.23 Å². The van der Waals surface area contributed by atoms with Crippen molar-refractivity contribution in [2.24, 2.45) is 0 Å². The van der Waals surface area contributed by atoms with Gasteiger partial charge in [0.25, 0.3) is 0 Å². The lowest BCUT2D eigenvalue weighted by molar-refractivity contribution is 0.138. The summed E-state index contributed by atoms with van der Waals surface area (Å²) in [5.41, 5.74) is 0. The summed E-state index contributed by atoms with van der Waals surface area (Å²) in [4.78, 5) is 0. The summed E-state index contributed by atoms with van der Waals surface area (Å²) in [5.74, 6) is 0.989. The fourth-order valence-corrected chi connectivity index (χ4v) is 1.70. The number of rotatable bonds is 7. The molecule has 74 valence electrons. The zero-order valence-corrected chi connectivity index (χ0v) is 9.75.